The van der Waals surface area contributed by atoms with E-state index in [2.05, 4.69) is 10.3 Å². The first-order valence-electron chi connectivity index (χ1n) is 6.19. The van der Waals surface area contributed by atoms with E-state index >= 15 is 0 Å². The minimum absolute atomic E-state index is 0.0712. The smallest absolute Gasteiger partial charge is 0.347 e. The van der Waals surface area contributed by atoms with Gasteiger partial charge in [0.2, 0.25) is 0 Å². The van der Waals surface area contributed by atoms with Crippen LogP contribution < -0.4 is 5.32 Å². The number of carboxylic acid groups (broad SMARTS) is 1. The zero-order valence-corrected chi connectivity index (χ0v) is 12.1. The van der Waals surface area contributed by atoms with Crippen molar-refractivity contribution in [1.29, 1.82) is 0 Å². The molecule has 3 N–H and O–H groups in total. The van der Waals surface area contributed by atoms with Crippen molar-refractivity contribution >= 4 is 23.2 Å². The van der Waals surface area contributed by atoms with Crippen LogP contribution in [-0.2, 0) is 13.2 Å². The summed E-state index contributed by atoms with van der Waals surface area (Å²) in [5.41, 5.74) is 1.65. The number of nitrogens with one attached hydrogen (secondary N) is 1. The van der Waals surface area contributed by atoms with E-state index in [1.165, 1.54) is 0 Å². The highest BCUT2D eigenvalue weighted by Crippen LogP contribution is 2.17. The lowest BCUT2D eigenvalue weighted by Gasteiger charge is -2.03. The van der Waals surface area contributed by atoms with Gasteiger partial charge in [-0.2, -0.15) is 0 Å². The molecule has 6 nitrogen and oxygen atoms in total. The van der Waals surface area contributed by atoms with E-state index in [-0.39, 0.29) is 23.9 Å². The molecule has 110 valence electrons. The molecule has 0 unspecified atom stereocenters. The number of carbonyl (C=O) groups is 2. The molecular formula is C14H14N2O4S. The van der Waals surface area contributed by atoms with Crippen LogP contribution in [0.2, 0.25) is 0 Å². The van der Waals surface area contributed by atoms with E-state index in [9.17, 15) is 9.59 Å². The number of thiazole rings is 1. The molecule has 1 heterocycles. The van der Waals surface area contributed by atoms with Gasteiger partial charge in [-0.15, -0.1) is 11.3 Å². The molecular weight excluding hydrogens is 292 g/mol. The van der Waals surface area contributed by atoms with Crippen LogP contribution in [0.3, 0.4) is 0 Å². The SMILES string of the molecule is Cc1nc(CNC(=O)c2ccc(CO)cc2)sc1C(=O)O. The first-order chi connectivity index (χ1) is 10.0. The average Bonchev–Trinajstić information content (AvgIpc) is 2.86. The summed E-state index contributed by atoms with van der Waals surface area (Å²) < 4.78 is 0. The summed E-state index contributed by atoms with van der Waals surface area (Å²) in [4.78, 5) is 27.1. The molecule has 0 saturated heterocycles. The van der Waals surface area contributed by atoms with Crippen LogP contribution in [0.1, 0.15) is 36.3 Å². The van der Waals surface area contributed by atoms with E-state index in [1.807, 2.05) is 0 Å². The summed E-state index contributed by atoms with van der Waals surface area (Å²) in [6.45, 7) is 1.73. The molecule has 2 rings (SSSR count). The molecule has 0 aliphatic heterocycles. The van der Waals surface area contributed by atoms with Gasteiger partial charge in [-0.3, -0.25) is 4.79 Å². The number of aryl methyl sites for hydroxylation is 1. The zero-order valence-electron chi connectivity index (χ0n) is 11.3. The van der Waals surface area contributed by atoms with Gasteiger partial charge in [0.05, 0.1) is 18.8 Å². The van der Waals surface area contributed by atoms with Gasteiger partial charge in [-0.05, 0) is 24.6 Å². The highest BCUT2D eigenvalue weighted by Gasteiger charge is 2.14. The number of nitrogens with zero attached hydrogens (tertiary/aromatic N) is 1. The number of carboxylic acids is 1. The molecule has 1 aromatic heterocycles. The second-order valence-electron chi connectivity index (χ2n) is 4.37. The molecule has 0 fully saturated rings. The number of aliphatic hydroxyl groups is 1. The summed E-state index contributed by atoms with van der Waals surface area (Å²) in [5.74, 6) is -1.29. The highest BCUT2D eigenvalue weighted by atomic mass is 32.1. The van der Waals surface area contributed by atoms with Crippen molar-refractivity contribution in [3.05, 3.63) is 51.0 Å². The first-order valence-corrected chi connectivity index (χ1v) is 7.00. The molecule has 0 aliphatic carbocycles. The number of aliphatic hydroxyl groups excluding tert-OH is 1. The predicted octanol–water partition coefficient (Wildman–Crippen LogP) is 1.57. The van der Waals surface area contributed by atoms with Crippen LogP contribution in [0.25, 0.3) is 0 Å². The lowest BCUT2D eigenvalue weighted by Crippen LogP contribution is -2.22. The lowest BCUT2D eigenvalue weighted by atomic mass is 10.1. The first kappa shape index (κ1) is 15.1. The molecule has 0 aliphatic rings. The quantitative estimate of drug-likeness (QED) is 0.778. The Morgan fingerprint density at radius 2 is 1.95 bits per heavy atom. The molecule has 7 heteroatoms. The van der Waals surface area contributed by atoms with Crippen LogP contribution in [0, 0.1) is 6.92 Å². The second-order valence-corrected chi connectivity index (χ2v) is 5.45. The van der Waals surface area contributed by atoms with Crippen molar-refractivity contribution in [3.8, 4) is 0 Å². The monoisotopic (exact) mass is 306 g/mol. The van der Waals surface area contributed by atoms with Crippen molar-refractivity contribution in [2.75, 3.05) is 0 Å². The van der Waals surface area contributed by atoms with E-state index in [0.29, 0.717) is 16.3 Å². The van der Waals surface area contributed by atoms with Gasteiger partial charge in [-0.1, -0.05) is 12.1 Å². The van der Waals surface area contributed by atoms with Crippen molar-refractivity contribution < 1.29 is 19.8 Å². The van der Waals surface area contributed by atoms with Crippen LogP contribution >= 0.6 is 11.3 Å². The lowest BCUT2D eigenvalue weighted by molar-refractivity contribution is 0.0701. The van der Waals surface area contributed by atoms with Crippen molar-refractivity contribution in [1.82, 2.24) is 10.3 Å². The molecule has 21 heavy (non-hydrogen) atoms. The Bertz CT molecular complexity index is 664. The Hall–Kier alpha value is -2.25. The highest BCUT2D eigenvalue weighted by molar-refractivity contribution is 7.13. The van der Waals surface area contributed by atoms with Crippen LogP contribution in [0.5, 0.6) is 0 Å². The Labute approximate surface area is 125 Å². The van der Waals surface area contributed by atoms with Gasteiger partial charge in [0.15, 0.2) is 0 Å². The molecule has 2 aromatic rings. The van der Waals surface area contributed by atoms with Crippen LogP contribution in [0.15, 0.2) is 24.3 Å². The van der Waals surface area contributed by atoms with Crippen molar-refractivity contribution in [2.45, 2.75) is 20.1 Å². The Morgan fingerprint density at radius 1 is 1.29 bits per heavy atom. The van der Waals surface area contributed by atoms with Gasteiger partial charge in [0.25, 0.3) is 5.91 Å². The Balaban J connectivity index is 2.00. The Morgan fingerprint density at radius 3 is 2.48 bits per heavy atom. The number of hydrogen-bond acceptors (Lipinski definition) is 5. The van der Waals surface area contributed by atoms with Gasteiger partial charge >= 0.3 is 5.97 Å². The van der Waals surface area contributed by atoms with E-state index in [4.69, 9.17) is 10.2 Å². The third-order valence-corrected chi connectivity index (χ3v) is 3.98. The number of benzene rings is 1. The minimum atomic E-state index is -1.01. The third-order valence-electron chi connectivity index (χ3n) is 2.83. The topological polar surface area (TPSA) is 99.5 Å². The molecule has 0 spiro atoms. The summed E-state index contributed by atoms with van der Waals surface area (Å²) >= 11 is 1.05. The van der Waals surface area contributed by atoms with Gasteiger partial charge < -0.3 is 15.5 Å². The maximum atomic E-state index is 11.9. The molecule has 1 amide bonds. The normalized spacial score (nSPS) is 10.4. The molecule has 0 atom stereocenters. The summed E-state index contributed by atoms with van der Waals surface area (Å²) in [5, 5.41) is 21.1. The zero-order chi connectivity index (χ0) is 15.4. The van der Waals surface area contributed by atoms with Crippen molar-refractivity contribution in [3.63, 3.8) is 0 Å². The maximum Gasteiger partial charge on any atom is 0.347 e. The van der Waals surface area contributed by atoms with E-state index < -0.39 is 5.97 Å². The van der Waals surface area contributed by atoms with E-state index in [0.717, 1.165) is 16.9 Å². The van der Waals surface area contributed by atoms with E-state index in [1.54, 1.807) is 31.2 Å². The van der Waals surface area contributed by atoms with Gasteiger partial charge in [0, 0.05) is 5.56 Å². The molecule has 0 bridgehead atoms. The number of hydrogen-bond donors (Lipinski definition) is 3. The molecule has 0 radical (unpaired) electrons. The summed E-state index contributed by atoms with van der Waals surface area (Å²) in [6.07, 6.45) is 0. The second kappa shape index (κ2) is 6.47. The largest absolute Gasteiger partial charge is 0.477 e. The number of amides is 1. The number of aromatic nitrogens is 1. The average molecular weight is 306 g/mol. The summed E-state index contributed by atoms with van der Waals surface area (Å²) in [6, 6.07) is 6.59. The van der Waals surface area contributed by atoms with Crippen LogP contribution in [-0.4, -0.2) is 27.1 Å². The fourth-order valence-corrected chi connectivity index (χ4v) is 2.59. The number of carbonyl (C=O) groups excluding carboxylic acids is 1. The fourth-order valence-electron chi connectivity index (χ4n) is 1.75. The predicted molar refractivity (Wildman–Crippen MR) is 77.3 cm³/mol. The summed E-state index contributed by atoms with van der Waals surface area (Å²) in [7, 11) is 0. The maximum absolute atomic E-state index is 11.9. The number of rotatable bonds is 5. The Kier molecular flexibility index (Phi) is 4.66. The van der Waals surface area contributed by atoms with Crippen LogP contribution in [0.4, 0.5) is 0 Å². The standard InChI is InChI=1S/C14H14N2O4S/c1-8-12(14(19)20)21-11(16-8)6-15-13(18)10-4-2-9(7-17)3-5-10/h2-5,17H,6-7H2,1H3,(H,15,18)(H,19,20). The van der Waals surface area contributed by atoms with Gasteiger partial charge in [0.1, 0.15) is 9.88 Å². The fraction of sp³-hybridized carbons (Fsp3) is 0.214. The molecule has 1 aromatic carbocycles. The van der Waals surface area contributed by atoms with Gasteiger partial charge in [-0.25, -0.2) is 9.78 Å². The molecule has 0 saturated carbocycles. The minimum Gasteiger partial charge on any atom is -0.477 e. The van der Waals surface area contributed by atoms with Crippen molar-refractivity contribution in [2.24, 2.45) is 0 Å². The third kappa shape index (κ3) is 3.65. The number of aromatic carboxylic acids is 1.